The van der Waals surface area contributed by atoms with Gasteiger partial charge in [-0.25, -0.2) is 0 Å². The molecule has 1 aromatic rings. The summed E-state index contributed by atoms with van der Waals surface area (Å²) in [6.07, 6.45) is 0.868. The average Bonchev–Trinajstić information content (AvgIpc) is 2.64. The number of nitrogens with zero attached hydrogens (tertiary/aromatic N) is 1. The predicted molar refractivity (Wildman–Crippen MR) is 70.8 cm³/mol. The molecule has 1 aliphatic rings. The summed E-state index contributed by atoms with van der Waals surface area (Å²) < 4.78 is 1.08. The summed E-state index contributed by atoms with van der Waals surface area (Å²) >= 11 is 3.59. The number of halogens is 1. The van der Waals surface area contributed by atoms with E-state index in [1.165, 1.54) is 12.1 Å². The van der Waals surface area contributed by atoms with Gasteiger partial charge in [0.2, 0.25) is 0 Å². The van der Waals surface area contributed by atoms with Gasteiger partial charge in [-0.3, -0.25) is 0 Å². The van der Waals surface area contributed by atoms with Crippen LogP contribution in [0.15, 0.2) is 22.7 Å². The summed E-state index contributed by atoms with van der Waals surface area (Å²) in [5, 5.41) is 9.51. The molecule has 0 radical (unpaired) electrons. The highest BCUT2D eigenvalue weighted by molar-refractivity contribution is 9.10. The van der Waals surface area contributed by atoms with Crippen molar-refractivity contribution in [2.75, 3.05) is 18.0 Å². The van der Waals surface area contributed by atoms with E-state index in [0.717, 1.165) is 29.0 Å². The Labute approximate surface area is 105 Å². The molecular weight excluding hydrogens is 266 g/mol. The summed E-state index contributed by atoms with van der Waals surface area (Å²) in [4.78, 5) is 2.40. The highest BCUT2D eigenvalue weighted by Gasteiger charge is 2.20. The van der Waals surface area contributed by atoms with Crippen molar-refractivity contribution in [3.8, 4) is 0 Å². The van der Waals surface area contributed by atoms with Crippen LogP contribution in [0.5, 0.6) is 0 Å². The summed E-state index contributed by atoms with van der Waals surface area (Å²) in [5.41, 5.74) is 2.21. The van der Waals surface area contributed by atoms with Crippen molar-refractivity contribution in [3.63, 3.8) is 0 Å². The van der Waals surface area contributed by atoms with Gasteiger partial charge in [-0.2, -0.15) is 0 Å². The maximum atomic E-state index is 9.51. The zero-order valence-electron chi connectivity index (χ0n) is 9.78. The molecule has 1 fully saturated rings. The normalized spacial score (nSPS) is 22.5. The van der Waals surface area contributed by atoms with Crippen molar-refractivity contribution in [1.29, 1.82) is 0 Å². The molecule has 1 unspecified atom stereocenters. The van der Waals surface area contributed by atoms with Gasteiger partial charge in [-0.05, 0) is 52.9 Å². The standard InChI is InChI=1S/C13H18BrNO/c1-9-5-6-15(8-9)13-4-3-11(10(2)16)7-12(13)14/h3-4,7,9-10,16H,5-6,8H2,1-2H3/t9?,10-/m0/s1. The SMILES string of the molecule is CC1CCN(c2ccc([C@H](C)O)cc2Br)C1. The minimum atomic E-state index is -0.400. The zero-order chi connectivity index (χ0) is 11.7. The fourth-order valence-electron chi connectivity index (χ4n) is 2.19. The molecule has 0 amide bonds. The smallest absolute Gasteiger partial charge is 0.0762 e. The number of rotatable bonds is 2. The molecule has 1 saturated heterocycles. The van der Waals surface area contributed by atoms with Crippen LogP contribution >= 0.6 is 15.9 Å². The Morgan fingerprint density at radius 2 is 2.25 bits per heavy atom. The molecule has 2 nitrogen and oxygen atoms in total. The summed E-state index contributed by atoms with van der Waals surface area (Å²) in [7, 11) is 0. The lowest BCUT2D eigenvalue weighted by molar-refractivity contribution is 0.199. The average molecular weight is 284 g/mol. The molecule has 1 aromatic carbocycles. The van der Waals surface area contributed by atoms with E-state index >= 15 is 0 Å². The van der Waals surface area contributed by atoms with Gasteiger partial charge in [0, 0.05) is 17.6 Å². The van der Waals surface area contributed by atoms with E-state index in [2.05, 4.69) is 33.8 Å². The predicted octanol–water partition coefficient (Wildman–Crippen LogP) is 3.35. The molecule has 2 rings (SSSR count). The first-order chi connectivity index (χ1) is 7.58. The van der Waals surface area contributed by atoms with Crippen LogP contribution in [-0.4, -0.2) is 18.2 Å². The first-order valence-electron chi connectivity index (χ1n) is 5.80. The Bertz CT molecular complexity index is 378. The molecule has 0 bridgehead atoms. The Kier molecular flexibility index (Phi) is 3.55. The number of hydrogen-bond donors (Lipinski definition) is 1. The van der Waals surface area contributed by atoms with Crippen LogP contribution < -0.4 is 4.90 Å². The summed E-state index contributed by atoms with van der Waals surface area (Å²) in [5.74, 6) is 0.781. The molecule has 1 heterocycles. The minimum Gasteiger partial charge on any atom is -0.389 e. The van der Waals surface area contributed by atoms with Crippen LogP contribution in [0.2, 0.25) is 0 Å². The van der Waals surface area contributed by atoms with E-state index in [1.807, 2.05) is 12.1 Å². The van der Waals surface area contributed by atoms with Gasteiger partial charge in [0.05, 0.1) is 11.8 Å². The fourth-order valence-corrected chi connectivity index (χ4v) is 2.84. The van der Waals surface area contributed by atoms with Crippen molar-refractivity contribution in [2.45, 2.75) is 26.4 Å². The second-order valence-corrected chi connectivity index (χ2v) is 5.58. The largest absolute Gasteiger partial charge is 0.389 e. The summed E-state index contributed by atoms with van der Waals surface area (Å²) in [6, 6.07) is 6.13. The highest BCUT2D eigenvalue weighted by Crippen LogP contribution is 2.32. The second kappa shape index (κ2) is 4.76. The van der Waals surface area contributed by atoms with Gasteiger partial charge >= 0.3 is 0 Å². The maximum Gasteiger partial charge on any atom is 0.0762 e. The lowest BCUT2D eigenvalue weighted by atomic mass is 10.1. The van der Waals surface area contributed by atoms with Gasteiger partial charge in [0.25, 0.3) is 0 Å². The lowest BCUT2D eigenvalue weighted by Crippen LogP contribution is -2.19. The molecule has 0 spiro atoms. The van der Waals surface area contributed by atoms with Crippen LogP contribution in [0.1, 0.15) is 31.9 Å². The molecule has 16 heavy (non-hydrogen) atoms. The van der Waals surface area contributed by atoms with E-state index in [0.29, 0.717) is 0 Å². The first kappa shape index (κ1) is 11.9. The first-order valence-corrected chi connectivity index (χ1v) is 6.59. The van der Waals surface area contributed by atoms with E-state index in [9.17, 15) is 5.11 Å². The number of anilines is 1. The van der Waals surface area contributed by atoms with E-state index < -0.39 is 6.10 Å². The molecule has 1 aliphatic heterocycles. The third-order valence-corrected chi connectivity index (χ3v) is 3.85. The zero-order valence-corrected chi connectivity index (χ0v) is 11.4. The van der Waals surface area contributed by atoms with Crippen molar-refractivity contribution >= 4 is 21.6 Å². The molecule has 2 atom stereocenters. The molecule has 3 heteroatoms. The number of aliphatic hydroxyl groups is 1. The Hall–Kier alpha value is -0.540. The fraction of sp³-hybridized carbons (Fsp3) is 0.538. The maximum absolute atomic E-state index is 9.51. The molecule has 88 valence electrons. The molecule has 0 saturated carbocycles. The van der Waals surface area contributed by atoms with Gasteiger partial charge in [0.1, 0.15) is 0 Å². The monoisotopic (exact) mass is 283 g/mol. The number of benzene rings is 1. The Morgan fingerprint density at radius 3 is 2.75 bits per heavy atom. The van der Waals surface area contributed by atoms with Crippen LogP contribution in [0.3, 0.4) is 0 Å². The minimum absolute atomic E-state index is 0.400. The van der Waals surface area contributed by atoms with Gasteiger partial charge in [-0.1, -0.05) is 13.0 Å². The molecule has 0 aromatic heterocycles. The Balaban J connectivity index is 2.22. The van der Waals surface area contributed by atoms with Crippen molar-refractivity contribution in [1.82, 2.24) is 0 Å². The van der Waals surface area contributed by atoms with Gasteiger partial charge < -0.3 is 10.0 Å². The topological polar surface area (TPSA) is 23.5 Å². The highest BCUT2D eigenvalue weighted by atomic mass is 79.9. The van der Waals surface area contributed by atoms with Crippen molar-refractivity contribution in [3.05, 3.63) is 28.2 Å². The van der Waals surface area contributed by atoms with Gasteiger partial charge in [0.15, 0.2) is 0 Å². The van der Waals surface area contributed by atoms with E-state index in [4.69, 9.17) is 0 Å². The van der Waals surface area contributed by atoms with Gasteiger partial charge in [-0.15, -0.1) is 0 Å². The van der Waals surface area contributed by atoms with E-state index in [-0.39, 0.29) is 0 Å². The second-order valence-electron chi connectivity index (χ2n) is 4.73. The van der Waals surface area contributed by atoms with Crippen LogP contribution in [0.25, 0.3) is 0 Å². The van der Waals surface area contributed by atoms with Crippen LogP contribution in [-0.2, 0) is 0 Å². The lowest BCUT2D eigenvalue weighted by Gasteiger charge is -2.20. The summed E-state index contributed by atoms with van der Waals surface area (Å²) in [6.45, 7) is 6.35. The molecular formula is C13H18BrNO. The van der Waals surface area contributed by atoms with E-state index in [1.54, 1.807) is 6.92 Å². The molecule has 0 aliphatic carbocycles. The Morgan fingerprint density at radius 1 is 1.50 bits per heavy atom. The number of aliphatic hydroxyl groups excluding tert-OH is 1. The van der Waals surface area contributed by atoms with Crippen molar-refractivity contribution < 1.29 is 5.11 Å². The van der Waals surface area contributed by atoms with Crippen molar-refractivity contribution in [2.24, 2.45) is 5.92 Å². The van der Waals surface area contributed by atoms with Crippen LogP contribution in [0.4, 0.5) is 5.69 Å². The quantitative estimate of drug-likeness (QED) is 0.900. The third-order valence-electron chi connectivity index (χ3n) is 3.22. The molecule has 1 N–H and O–H groups in total. The van der Waals surface area contributed by atoms with Crippen LogP contribution in [0, 0.1) is 5.92 Å². The number of hydrogen-bond acceptors (Lipinski definition) is 2. The third kappa shape index (κ3) is 2.41.